The fourth-order valence-corrected chi connectivity index (χ4v) is 9.17. The first-order valence-electron chi connectivity index (χ1n) is 21.3. The number of amides is 4. The number of ether oxygens (including phenoxy) is 2. The lowest BCUT2D eigenvalue weighted by Crippen LogP contribution is -2.51. The van der Waals surface area contributed by atoms with Crippen molar-refractivity contribution in [1.29, 1.82) is 0 Å². The number of rotatable bonds is 10. The Kier molecular flexibility index (Phi) is 10.6. The van der Waals surface area contributed by atoms with Crippen LogP contribution in [-0.4, -0.2) is 103 Å². The van der Waals surface area contributed by atoms with Crippen molar-refractivity contribution in [3.05, 3.63) is 72.3 Å². The molecule has 0 spiro atoms. The predicted molar refractivity (Wildman–Crippen MR) is 236 cm³/mol. The van der Waals surface area contributed by atoms with E-state index in [9.17, 15) is 19.2 Å². The molecule has 4 unspecified atom stereocenters. The number of imidazole rings is 2. The van der Waals surface area contributed by atoms with Crippen LogP contribution in [0.3, 0.4) is 0 Å². The van der Waals surface area contributed by atoms with Crippen LogP contribution in [0.2, 0.25) is 0 Å². The highest BCUT2D eigenvalue weighted by molar-refractivity contribution is 6.00. The molecule has 322 valence electrons. The van der Waals surface area contributed by atoms with Crippen molar-refractivity contribution < 1.29 is 28.7 Å². The maximum Gasteiger partial charge on any atom is 0.407 e. The molecule has 16 nitrogen and oxygen atoms in total. The largest absolute Gasteiger partial charge is 0.453 e. The van der Waals surface area contributed by atoms with Crippen LogP contribution in [0.5, 0.6) is 0 Å². The summed E-state index contributed by atoms with van der Waals surface area (Å²) >= 11 is 0. The fourth-order valence-electron chi connectivity index (χ4n) is 9.17. The van der Waals surface area contributed by atoms with Gasteiger partial charge in [0.25, 0.3) is 0 Å². The van der Waals surface area contributed by atoms with Gasteiger partial charge in [0.15, 0.2) is 0 Å². The van der Waals surface area contributed by atoms with Crippen LogP contribution in [0, 0.1) is 11.8 Å². The highest BCUT2D eigenvalue weighted by atomic mass is 16.5. The van der Waals surface area contributed by atoms with Crippen molar-refractivity contribution in [3.63, 3.8) is 0 Å². The first-order chi connectivity index (χ1) is 29.9. The van der Waals surface area contributed by atoms with E-state index in [-0.39, 0.29) is 35.7 Å². The number of methoxy groups -OCH3 is 2. The maximum absolute atomic E-state index is 13.7. The summed E-state index contributed by atoms with van der Waals surface area (Å²) in [4.78, 5) is 79.1. The molecule has 9 rings (SSSR count). The molecule has 3 aromatic carbocycles. The van der Waals surface area contributed by atoms with E-state index in [1.807, 2.05) is 49.6 Å². The predicted octanol–water partition coefficient (Wildman–Crippen LogP) is 7.82. The number of hydrogen-bond acceptors (Lipinski definition) is 8. The number of nitrogens with one attached hydrogen (secondary N) is 6. The summed E-state index contributed by atoms with van der Waals surface area (Å²) in [5, 5.41) is 7.58. The van der Waals surface area contributed by atoms with E-state index >= 15 is 0 Å². The van der Waals surface area contributed by atoms with Crippen LogP contribution in [0.4, 0.5) is 9.59 Å². The van der Waals surface area contributed by atoms with E-state index < -0.39 is 24.3 Å². The molecule has 2 fully saturated rings. The monoisotopic (exact) mass is 840 g/mol. The quantitative estimate of drug-likeness (QED) is 0.0799. The number of hydrogen-bond donors (Lipinski definition) is 6. The molecule has 0 radical (unpaired) electrons. The van der Waals surface area contributed by atoms with Gasteiger partial charge in [-0.2, -0.15) is 0 Å². The molecule has 2 saturated heterocycles. The zero-order chi connectivity index (χ0) is 43.4. The Morgan fingerprint density at radius 1 is 0.597 bits per heavy atom. The highest BCUT2D eigenvalue weighted by Gasteiger charge is 2.39. The molecule has 0 bridgehead atoms. The Morgan fingerprint density at radius 3 is 1.44 bits per heavy atom. The highest BCUT2D eigenvalue weighted by Crippen LogP contribution is 2.37. The van der Waals surface area contributed by atoms with E-state index in [2.05, 4.69) is 79.1 Å². The zero-order valence-corrected chi connectivity index (χ0v) is 35.7. The van der Waals surface area contributed by atoms with Gasteiger partial charge in [-0.3, -0.25) is 9.59 Å². The smallest absolute Gasteiger partial charge is 0.407 e. The third-order valence-electron chi connectivity index (χ3n) is 12.5. The normalized spacial score (nSPS) is 17.8. The molecule has 2 aliphatic rings. The summed E-state index contributed by atoms with van der Waals surface area (Å²) < 4.78 is 9.57. The topological polar surface area (TPSA) is 206 Å². The number of aromatic amines is 4. The Morgan fingerprint density at radius 2 is 1.03 bits per heavy atom. The van der Waals surface area contributed by atoms with Gasteiger partial charge in [-0.25, -0.2) is 19.6 Å². The van der Waals surface area contributed by atoms with Crippen LogP contribution in [-0.2, 0) is 19.1 Å². The summed E-state index contributed by atoms with van der Waals surface area (Å²) in [7, 11) is 2.59. The Balaban J connectivity index is 0.929. The third kappa shape index (κ3) is 7.47. The second-order valence-corrected chi connectivity index (χ2v) is 17.2. The van der Waals surface area contributed by atoms with E-state index in [0.717, 1.165) is 104 Å². The Bertz CT molecular complexity index is 2610. The van der Waals surface area contributed by atoms with Gasteiger partial charge in [0.2, 0.25) is 11.8 Å². The molecule has 4 aromatic heterocycles. The van der Waals surface area contributed by atoms with Crippen LogP contribution in [0.25, 0.3) is 66.4 Å². The molecule has 4 amide bonds. The van der Waals surface area contributed by atoms with Gasteiger partial charge in [-0.1, -0.05) is 39.8 Å². The molecule has 7 aromatic rings. The van der Waals surface area contributed by atoms with Gasteiger partial charge in [-0.15, -0.1) is 0 Å². The Hall–Kier alpha value is -6.84. The van der Waals surface area contributed by atoms with Crippen molar-refractivity contribution in [2.24, 2.45) is 11.8 Å². The van der Waals surface area contributed by atoms with Crippen molar-refractivity contribution >= 4 is 67.9 Å². The zero-order valence-electron chi connectivity index (χ0n) is 35.7. The average Bonchev–Trinajstić information content (AvgIpc) is 4.12. The molecular formula is C46H52N10O6. The van der Waals surface area contributed by atoms with E-state index in [1.54, 1.807) is 0 Å². The fraction of sp³-hybridized carbons (Fsp3) is 0.391. The third-order valence-corrected chi connectivity index (χ3v) is 12.5. The second kappa shape index (κ2) is 16.2. The Labute approximate surface area is 357 Å². The number of aromatic nitrogens is 6. The minimum atomic E-state index is -0.696. The molecule has 4 atom stereocenters. The van der Waals surface area contributed by atoms with E-state index in [1.165, 1.54) is 14.2 Å². The molecular weight excluding hydrogens is 789 g/mol. The average molecular weight is 841 g/mol. The van der Waals surface area contributed by atoms with Gasteiger partial charge in [-0.05, 0) is 86.1 Å². The summed E-state index contributed by atoms with van der Waals surface area (Å²) in [5.41, 5.74) is 9.34. The number of alkyl carbamates (subject to hydrolysis) is 2. The van der Waals surface area contributed by atoms with Gasteiger partial charge in [0, 0.05) is 57.4 Å². The number of fused-ring (bicyclic) bond motifs is 4. The molecule has 2 aliphatic heterocycles. The minimum Gasteiger partial charge on any atom is -0.453 e. The van der Waals surface area contributed by atoms with Gasteiger partial charge >= 0.3 is 12.2 Å². The summed E-state index contributed by atoms with van der Waals surface area (Å²) in [6, 6.07) is 19.1. The van der Waals surface area contributed by atoms with Crippen LogP contribution in [0.15, 0.2) is 60.7 Å². The lowest BCUT2D eigenvalue weighted by Gasteiger charge is -2.29. The first-order valence-corrected chi connectivity index (χ1v) is 21.3. The van der Waals surface area contributed by atoms with Crippen molar-refractivity contribution in [3.8, 4) is 22.5 Å². The van der Waals surface area contributed by atoms with Crippen molar-refractivity contribution in [2.75, 3.05) is 27.3 Å². The molecule has 62 heavy (non-hydrogen) atoms. The lowest BCUT2D eigenvalue weighted by atomic mass is 10.0. The summed E-state index contributed by atoms with van der Waals surface area (Å²) in [6.07, 6.45) is 1.99. The summed E-state index contributed by atoms with van der Waals surface area (Å²) in [5.74, 6) is 0.961. The van der Waals surface area contributed by atoms with Crippen LogP contribution < -0.4 is 10.6 Å². The second-order valence-electron chi connectivity index (χ2n) is 17.2. The lowest BCUT2D eigenvalue weighted by molar-refractivity contribution is -0.136. The molecule has 0 saturated carbocycles. The van der Waals surface area contributed by atoms with Gasteiger partial charge in [0.1, 0.15) is 23.7 Å². The van der Waals surface area contributed by atoms with Crippen LogP contribution in [0.1, 0.15) is 77.1 Å². The summed E-state index contributed by atoms with van der Waals surface area (Å²) in [6.45, 7) is 8.80. The van der Waals surface area contributed by atoms with Crippen molar-refractivity contribution in [2.45, 2.75) is 77.5 Å². The number of likely N-dealkylation sites (tertiary alicyclic amines) is 2. The number of nitrogens with zero attached hydrogens (tertiary/aromatic N) is 4. The minimum absolute atomic E-state index is 0.112. The maximum atomic E-state index is 13.7. The first kappa shape index (κ1) is 40.6. The molecule has 0 aliphatic carbocycles. The van der Waals surface area contributed by atoms with Crippen LogP contribution >= 0.6 is 0 Å². The van der Waals surface area contributed by atoms with Crippen molar-refractivity contribution in [1.82, 2.24) is 50.3 Å². The number of carbonyl (C=O) groups excluding carboxylic acids is 4. The standard InChI is InChI=1S/C46H52N10O6/c1-23(2)39(53-45(59)61-5)43(57)55-15-7-9-37(55)41-49-29-13-11-25(18-35(29)51-41)31-20-27-17-28-21-32(48-34(28)22-33(27)47-31)26-12-14-30-36(19-26)52-42(50-30)38-10-8-16-56(38)44(58)40(24(3)4)54-46(60)62-6/h11-14,17-24,37-40,47-48H,7-10,15-16H2,1-6H3,(H,49,51)(H,50,52)(H,53,59)(H,54,60). The number of H-pyrrole nitrogens is 4. The molecule has 6 N–H and O–H groups in total. The van der Waals surface area contributed by atoms with Gasteiger partial charge in [0.05, 0.1) is 48.4 Å². The van der Waals surface area contributed by atoms with E-state index in [4.69, 9.17) is 19.4 Å². The SMILES string of the molecule is COC(=O)NC(C(=O)N1CCCC1c1nc2ccc(-c3cc4cc5cc(-c6ccc7nc(C8CCCN8C(=O)C(NC(=O)OC)C(C)C)[nH]c7c6)[nH]c5cc4[nH]3)cc2[nH]1)C(C)C. The number of carbonyl (C=O) groups is 4. The molecule has 6 heterocycles. The molecule has 16 heteroatoms. The van der Waals surface area contributed by atoms with E-state index in [0.29, 0.717) is 13.1 Å². The van der Waals surface area contributed by atoms with Gasteiger partial charge < -0.3 is 49.8 Å². The number of benzene rings is 3.